The molecule has 2 N–H and O–H groups in total. The maximum Gasteiger partial charge on any atom is 0.264 e. The zero-order chi connectivity index (χ0) is 30.6. The average Bonchev–Trinajstić information content (AvgIpc) is 3.81. The van der Waals surface area contributed by atoms with Crippen molar-refractivity contribution in [1.82, 2.24) is 4.72 Å². The first-order chi connectivity index (χ1) is 21.1. The highest BCUT2D eigenvalue weighted by molar-refractivity contribution is 7.90. The van der Waals surface area contributed by atoms with Crippen LogP contribution in [0, 0.1) is 23.7 Å². The smallest absolute Gasteiger partial charge is 0.264 e. The molecule has 0 unspecified atom stereocenters. The lowest BCUT2D eigenvalue weighted by atomic mass is 9.68. The van der Waals surface area contributed by atoms with Crippen LogP contribution in [0.3, 0.4) is 0 Å². The van der Waals surface area contributed by atoms with E-state index in [4.69, 9.17) is 16.3 Å². The van der Waals surface area contributed by atoms with E-state index in [0.717, 1.165) is 62.2 Å². The van der Waals surface area contributed by atoms with Crippen molar-refractivity contribution in [2.45, 2.75) is 81.5 Å². The summed E-state index contributed by atoms with van der Waals surface area (Å²) in [5.74, 6) is 0.716. The number of sulfonamides is 1. The molecule has 0 saturated heterocycles. The summed E-state index contributed by atoms with van der Waals surface area (Å²) in [6, 6.07) is 11.5. The highest BCUT2D eigenvalue weighted by atomic mass is 35.5. The van der Waals surface area contributed by atoms with Crippen molar-refractivity contribution < 1.29 is 23.1 Å². The van der Waals surface area contributed by atoms with E-state index < -0.39 is 27.3 Å². The number of ether oxygens (including phenoxy) is 1. The van der Waals surface area contributed by atoms with Crippen molar-refractivity contribution in [1.29, 1.82) is 0 Å². The zero-order valence-electron chi connectivity index (χ0n) is 25.4. The van der Waals surface area contributed by atoms with Gasteiger partial charge in [0.1, 0.15) is 5.75 Å². The van der Waals surface area contributed by atoms with Gasteiger partial charge in [-0.3, -0.25) is 4.79 Å². The average molecular weight is 639 g/mol. The Morgan fingerprint density at radius 1 is 1.14 bits per heavy atom. The molecule has 6 atom stereocenters. The van der Waals surface area contributed by atoms with Crippen molar-refractivity contribution in [3.63, 3.8) is 0 Å². The SMILES string of the molecule is C[C@@H]1C/C=C/[C@H](O)[C@@H]2CC[C@H]2CN2C[C@@]3(CCCc4cc(Cl)ccc43)COc3ccc(cc32)C(=O)NS(=O)(=O)[C@H]1CC1CC1. The molecule has 2 aromatic rings. The largest absolute Gasteiger partial charge is 0.490 e. The molecule has 44 heavy (non-hydrogen) atoms. The molecule has 2 fully saturated rings. The van der Waals surface area contributed by atoms with Crippen LogP contribution in [0.4, 0.5) is 5.69 Å². The summed E-state index contributed by atoms with van der Waals surface area (Å²) < 4.78 is 36.4. The van der Waals surface area contributed by atoms with E-state index in [2.05, 4.69) is 21.8 Å². The molecule has 2 saturated carbocycles. The van der Waals surface area contributed by atoms with Gasteiger partial charge in [0.15, 0.2) is 0 Å². The molecule has 5 aliphatic rings. The van der Waals surface area contributed by atoms with Gasteiger partial charge in [-0.2, -0.15) is 0 Å². The van der Waals surface area contributed by atoms with Gasteiger partial charge in [-0.1, -0.05) is 49.6 Å². The molecular formula is C35H43ClN2O5S. The number of carbonyl (C=O) groups is 1. The Morgan fingerprint density at radius 2 is 1.98 bits per heavy atom. The van der Waals surface area contributed by atoms with Crippen LogP contribution in [0.15, 0.2) is 48.6 Å². The normalized spacial score (nSPS) is 34.0. The number of fused-ring (bicyclic) bond motifs is 4. The van der Waals surface area contributed by atoms with Crippen LogP contribution in [-0.2, 0) is 21.9 Å². The van der Waals surface area contributed by atoms with Gasteiger partial charge in [-0.25, -0.2) is 13.1 Å². The second-order valence-electron chi connectivity index (χ2n) is 14.1. The fourth-order valence-corrected chi connectivity index (χ4v) is 10.1. The predicted molar refractivity (Wildman–Crippen MR) is 173 cm³/mol. The monoisotopic (exact) mass is 638 g/mol. The number of halogens is 1. The number of rotatable bonds is 2. The van der Waals surface area contributed by atoms with Crippen LogP contribution in [-0.4, -0.2) is 50.5 Å². The van der Waals surface area contributed by atoms with E-state index >= 15 is 0 Å². The summed E-state index contributed by atoms with van der Waals surface area (Å²) >= 11 is 6.41. The van der Waals surface area contributed by atoms with Crippen molar-refractivity contribution in [2.24, 2.45) is 23.7 Å². The van der Waals surface area contributed by atoms with Gasteiger partial charge in [0.05, 0.1) is 23.6 Å². The van der Waals surface area contributed by atoms with E-state index in [-0.39, 0.29) is 23.2 Å². The van der Waals surface area contributed by atoms with Crippen LogP contribution in [0.5, 0.6) is 5.75 Å². The number of hydrogen-bond donors (Lipinski definition) is 2. The number of carbonyl (C=O) groups excluding carboxylic acids is 1. The number of nitrogens with one attached hydrogen (secondary N) is 1. The van der Waals surface area contributed by atoms with Crippen molar-refractivity contribution in [3.8, 4) is 5.75 Å². The molecule has 7 nitrogen and oxygen atoms in total. The van der Waals surface area contributed by atoms with E-state index in [1.54, 1.807) is 12.1 Å². The topological polar surface area (TPSA) is 95.9 Å². The first-order valence-corrected chi connectivity index (χ1v) is 18.3. The van der Waals surface area contributed by atoms with Gasteiger partial charge in [-0.15, -0.1) is 0 Å². The Balaban J connectivity index is 1.28. The van der Waals surface area contributed by atoms with Crippen LogP contribution >= 0.6 is 11.6 Å². The fraction of sp³-hybridized carbons (Fsp3) is 0.571. The summed E-state index contributed by atoms with van der Waals surface area (Å²) in [7, 11) is -3.93. The van der Waals surface area contributed by atoms with Crippen LogP contribution in [0.1, 0.15) is 79.8 Å². The minimum absolute atomic E-state index is 0.132. The number of aryl methyl sites for hydroxylation is 1. The molecule has 1 amide bonds. The minimum Gasteiger partial charge on any atom is -0.490 e. The molecule has 2 bridgehead atoms. The Hall–Kier alpha value is -2.55. The van der Waals surface area contributed by atoms with E-state index in [9.17, 15) is 18.3 Å². The van der Waals surface area contributed by atoms with Crippen LogP contribution in [0.25, 0.3) is 0 Å². The molecule has 0 radical (unpaired) electrons. The Labute approximate surface area is 266 Å². The van der Waals surface area contributed by atoms with Crippen molar-refractivity contribution >= 4 is 33.2 Å². The molecule has 2 heterocycles. The summed E-state index contributed by atoms with van der Waals surface area (Å²) in [5.41, 5.74) is 3.38. The quantitative estimate of drug-likeness (QED) is 0.391. The molecule has 2 aromatic carbocycles. The number of amides is 1. The number of allylic oxidation sites excluding steroid dienone is 1. The molecule has 7 rings (SSSR count). The number of benzene rings is 2. The Kier molecular flexibility index (Phi) is 7.99. The number of nitrogens with zero attached hydrogens (tertiary/aromatic N) is 1. The number of anilines is 1. The van der Waals surface area contributed by atoms with Crippen molar-refractivity contribution in [3.05, 3.63) is 70.3 Å². The summed E-state index contributed by atoms with van der Waals surface area (Å²) in [6.07, 6.45) is 11.4. The standard InChI is InChI=1S/C35H43ClN2O5S/c1-22-4-2-6-31(39)28-12-9-26(28)19-38-20-35(15-3-5-24-17-27(36)11-13-29(24)35)21-43-32-14-10-25(18-30(32)38)34(40)37-44(41,42)33(22)16-23-7-8-23/h2,6,10-11,13-14,17-18,22-23,26,28,31,33,39H,3-5,7-9,12,15-16,19-21H2,1H3,(H,37,40)/b6-2+/t22-,26+,28-,31+,33+,35+/m1/s1. The second kappa shape index (κ2) is 11.7. The summed E-state index contributed by atoms with van der Waals surface area (Å²) in [6.45, 7) is 3.87. The lowest BCUT2D eigenvalue weighted by Gasteiger charge is -2.45. The van der Waals surface area contributed by atoms with Gasteiger partial charge in [0.25, 0.3) is 5.91 Å². The van der Waals surface area contributed by atoms with E-state index in [1.807, 2.05) is 31.2 Å². The Morgan fingerprint density at radius 3 is 2.75 bits per heavy atom. The lowest BCUT2D eigenvalue weighted by Crippen LogP contribution is -2.49. The van der Waals surface area contributed by atoms with E-state index in [0.29, 0.717) is 43.2 Å². The first-order valence-electron chi connectivity index (χ1n) is 16.3. The van der Waals surface area contributed by atoms with Crippen LogP contribution < -0.4 is 14.4 Å². The predicted octanol–water partition coefficient (Wildman–Crippen LogP) is 6.02. The maximum atomic E-state index is 13.7. The highest BCUT2D eigenvalue weighted by Crippen LogP contribution is 2.47. The lowest BCUT2D eigenvalue weighted by molar-refractivity contribution is 0.0455. The van der Waals surface area contributed by atoms with Gasteiger partial charge in [-0.05, 0) is 110 Å². The first kappa shape index (κ1) is 30.1. The molecule has 0 aromatic heterocycles. The minimum atomic E-state index is -3.93. The Bertz CT molecular complexity index is 1570. The highest BCUT2D eigenvalue weighted by Gasteiger charge is 2.44. The summed E-state index contributed by atoms with van der Waals surface area (Å²) in [5, 5.41) is 11.3. The number of aliphatic hydroxyl groups is 1. The second-order valence-corrected chi connectivity index (χ2v) is 16.4. The van der Waals surface area contributed by atoms with E-state index in [1.165, 1.54) is 11.1 Å². The van der Waals surface area contributed by atoms with Gasteiger partial charge in [0.2, 0.25) is 10.0 Å². The molecule has 1 spiro atoms. The fourth-order valence-electron chi connectivity index (χ4n) is 8.15. The molecule has 2 aliphatic heterocycles. The van der Waals surface area contributed by atoms with Crippen molar-refractivity contribution in [2.75, 3.05) is 24.6 Å². The zero-order valence-corrected chi connectivity index (χ0v) is 27.0. The molecule has 9 heteroatoms. The summed E-state index contributed by atoms with van der Waals surface area (Å²) in [4.78, 5) is 15.9. The van der Waals surface area contributed by atoms with Gasteiger partial charge in [0, 0.05) is 29.1 Å². The molecular weight excluding hydrogens is 596 g/mol. The molecule has 236 valence electrons. The number of aliphatic hydroxyl groups excluding tert-OH is 1. The van der Waals surface area contributed by atoms with Gasteiger partial charge >= 0.3 is 0 Å². The maximum absolute atomic E-state index is 13.7. The third-order valence-electron chi connectivity index (χ3n) is 11.0. The number of hydrogen-bond acceptors (Lipinski definition) is 6. The molecule has 3 aliphatic carbocycles. The third kappa shape index (κ3) is 5.78. The van der Waals surface area contributed by atoms with Gasteiger partial charge < -0.3 is 14.7 Å². The van der Waals surface area contributed by atoms with Crippen LogP contribution in [0.2, 0.25) is 5.02 Å². The third-order valence-corrected chi connectivity index (χ3v) is 13.2.